The molecule has 3 rings (SSSR count). The third-order valence-electron chi connectivity index (χ3n) is 19.5. The summed E-state index contributed by atoms with van der Waals surface area (Å²) in [5, 5.41) is 121. The van der Waals surface area contributed by atoms with Crippen LogP contribution < -0.4 is 5.32 Å². The monoisotopic (exact) mass is 1410 g/mol. The predicted molar refractivity (Wildman–Crippen MR) is 392 cm³/mol. The standard InChI is InChI=1S/C80H143NO18/c1-3-5-7-9-11-13-15-17-19-21-23-24-25-26-27-28-29-30-31-32-33-34-35-36-37-38-40-42-44-46-48-50-52-54-56-58-68(86)81-63(64(85)57-55-53-51-49-47-45-43-41-39-22-20-18-16-14-12-10-8-6-4-2)62-94-78-74(92)71(89)76(66(60-83)96-78)99-80-75(93)72(90)77(67(61-84)97-80)98-79-73(91)70(88)69(87)65(59-82)95-79/h5,7,11,13,17,19,23-24,26-27,29-30,63-67,69-80,82-85,87-93H,3-4,6,8-10,12,14-16,18,20-22,25,28,31-62H2,1-2H3,(H,81,86)/b7-5-,13-11-,19-17-,24-23-,27-26-,30-29-. The van der Waals surface area contributed by atoms with Gasteiger partial charge in [-0.15, -0.1) is 0 Å². The summed E-state index contributed by atoms with van der Waals surface area (Å²) in [5.74, 6) is -0.241. The second-order valence-electron chi connectivity index (χ2n) is 28.2. The maximum absolute atomic E-state index is 13.5. The van der Waals surface area contributed by atoms with Crippen molar-refractivity contribution in [1.82, 2.24) is 5.32 Å². The first-order valence-corrected chi connectivity index (χ1v) is 39.7. The predicted octanol–water partition coefficient (Wildman–Crippen LogP) is 12.8. The molecule has 1 amide bonds. The molecule has 3 heterocycles. The van der Waals surface area contributed by atoms with Crippen molar-refractivity contribution in [3.63, 3.8) is 0 Å². The summed E-state index contributed by atoms with van der Waals surface area (Å²) in [4.78, 5) is 13.5. The molecule has 17 atom stereocenters. The molecule has 3 aliphatic rings. The summed E-state index contributed by atoms with van der Waals surface area (Å²) in [6, 6.07) is -0.890. The molecule has 99 heavy (non-hydrogen) atoms. The van der Waals surface area contributed by atoms with Gasteiger partial charge in [0.05, 0.1) is 38.6 Å². The highest BCUT2D eigenvalue weighted by molar-refractivity contribution is 5.76. The highest BCUT2D eigenvalue weighted by Crippen LogP contribution is 2.33. The van der Waals surface area contributed by atoms with E-state index in [0.717, 1.165) is 83.5 Å². The summed E-state index contributed by atoms with van der Waals surface area (Å²) >= 11 is 0. The minimum absolute atomic E-state index is 0.241. The second kappa shape index (κ2) is 60.5. The first-order valence-electron chi connectivity index (χ1n) is 39.7. The van der Waals surface area contributed by atoms with Gasteiger partial charge in [-0.05, 0) is 64.2 Å². The zero-order chi connectivity index (χ0) is 71.8. The number of carbonyl (C=O) groups is 1. The van der Waals surface area contributed by atoms with Crippen LogP contribution in [-0.4, -0.2) is 193 Å². The van der Waals surface area contributed by atoms with Gasteiger partial charge in [0, 0.05) is 6.42 Å². The van der Waals surface area contributed by atoms with Crippen molar-refractivity contribution >= 4 is 5.91 Å². The van der Waals surface area contributed by atoms with Crippen LogP contribution in [0.1, 0.15) is 296 Å². The van der Waals surface area contributed by atoms with Crippen LogP contribution in [0.3, 0.4) is 0 Å². The molecule has 0 spiro atoms. The molecule has 12 N–H and O–H groups in total. The van der Waals surface area contributed by atoms with Gasteiger partial charge in [0.25, 0.3) is 0 Å². The Hall–Kier alpha value is -2.77. The minimum Gasteiger partial charge on any atom is -0.394 e. The fraction of sp³-hybridized carbons (Fsp3) is 0.838. The van der Waals surface area contributed by atoms with E-state index in [1.165, 1.54) is 180 Å². The maximum Gasteiger partial charge on any atom is 0.220 e. The van der Waals surface area contributed by atoms with Crippen molar-refractivity contribution in [2.75, 3.05) is 26.4 Å². The molecule has 576 valence electrons. The lowest BCUT2D eigenvalue weighted by Crippen LogP contribution is -2.66. The molecule has 0 aromatic carbocycles. The number of allylic oxidation sites excluding steroid dienone is 12. The van der Waals surface area contributed by atoms with Crippen LogP contribution in [0.5, 0.6) is 0 Å². The Morgan fingerprint density at radius 2 is 0.697 bits per heavy atom. The lowest BCUT2D eigenvalue weighted by molar-refractivity contribution is -0.379. The van der Waals surface area contributed by atoms with Gasteiger partial charge < -0.3 is 89.9 Å². The maximum atomic E-state index is 13.5. The van der Waals surface area contributed by atoms with Crippen molar-refractivity contribution in [2.45, 2.75) is 401 Å². The summed E-state index contributed by atoms with van der Waals surface area (Å²) in [5.41, 5.74) is 0. The van der Waals surface area contributed by atoms with Crippen molar-refractivity contribution < 1.29 is 89.4 Å². The fourth-order valence-electron chi connectivity index (χ4n) is 13.2. The number of hydrogen-bond acceptors (Lipinski definition) is 18. The van der Waals surface area contributed by atoms with Gasteiger partial charge in [0.1, 0.15) is 73.2 Å². The van der Waals surface area contributed by atoms with Gasteiger partial charge in [-0.3, -0.25) is 4.79 Å². The number of aliphatic hydroxyl groups excluding tert-OH is 11. The van der Waals surface area contributed by atoms with Gasteiger partial charge >= 0.3 is 0 Å². The SMILES string of the molecule is CC/C=C\C/C=C\C/C=C\C/C=C\C/C=C\C/C=C\CCCCCCCCCCCCCCCCCCC(=O)NC(COC1OC(CO)C(OC2OC(CO)C(OC3OC(CO)C(O)C(O)C3O)C(O)C2O)C(O)C1O)C(O)CCCCCCCCCCCCCCCCCCCCC. The first kappa shape index (κ1) is 90.4. The van der Waals surface area contributed by atoms with Crippen LogP contribution in [0.25, 0.3) is 0 Å². The lowest BCUT2D eigenvalue weighted by Gasteiger charge is -2.48. The third kappa shape index (κ3) is 40.9. The number of rotatable bonds is 62. The van der Waals surface area contributed by atoms with Crippen LogP contribution in [0, 0.1) is 0 Å². The first-order chi connectivity index (χ1) is 48.3. The molecule has 0 aromatic rings. The average molecular weight is 1410 g/mol. The van der Waals surface area contributed by atoms with Gasteiger partial charge in [-0.2, -0.15) is 0 Å². The van der Waals surface area contributed by atoms with E-state index in [1.54, 1.807) is 0 Å². The third-order valence-corrected chi connectivity index (χ3v) is 19.5. The number of aliphatic hydroxyl groups is 11. The molecule has 0 aliphatic carbocycles. The van der Waals surface area contributed by atoms with E-state index < -0.39 is 124 Å². The summed E-state index contributed by atoms with van der Waals surface area (Å²) < 4.78 is 34.5. The van der Waals surface area contributed by atoms with E-state index in [1.807, 2.05) is 0 Å². The molecule has 3 aliphatic heterocycles. The van der Waals surface area contributed by atoms with Crippen LogP contribution in [0.15, 0.2) is 72.9 Å². The number of unbranched alkanes of at least 4 members (excludes halogenated alkanes) is 34. The molecule has 0 radical (unpaired) electrons. The Bertz CT molecular complexity index is 2070. The number of hydrogen-bond donors (Lipinski definition) is 12. The van der Waals surface area contributed by atoms with Crippen LogP contribution in [-0.2, 0) is 33.2 Å². The van der Waals surface area contributed by atoms with E-state index in [-0.39, 0.29) is 18.9 Å². The molecule has 0 aromatic heterocycles. The van der Waals surface area contributed by atoms with Crippen molar-refractivity contribution in [2.24, 2.45) is 0 Å². The molecule has 3 saturated heterocycles. The van der Waals surface area contributed by atoms with Gasteiger partial charge in [0.15, 0.2) is 18.9 Å². The summed E-state index contributed by atoms with van der Waals surface area (Å²) in [7, 11) is 0. The number of carbonyl (C=O) groups excluding carboxylic acids is 1. The highest BCUT2D eigenvalue weighted by Gasteiger charge is 2.54. The topological polar surface area (TPSA) is 307 Å². The fourth-order valence-corrected chi connectivity index (χ4v) is 13.2. The molecule has 0 bridgehead atoms. The number of amides is 1. The highest BCUT2D eigenvalue weighted by atomic mass is 16.8. The normalized spacial score (nSPS) is 27.0. The Balaban J connectivity index is 1.34. The van der Waals surface area contributed by atoms with Gasteiger partial charge in [-0.25, -0.2) is 0 Å². The number of nitrogens with one attached hydrogen (secondary N) is 1. The van der Waals surface area contributed by atoms with E-state index in [2.05, 4.69) is 92.1 Å². The summed E-state index contributed by atoms with van der Waals surface area (Å²) in [6.45, 7) is 1.72. The smallest absolute Gasteiger partial charge is 0.220 e. The quantitative estimate of drug-likeness (QED) is 0.0199. The van der Waals surface area contributed by atoms with Gasteiger partial charge in [0.2, 0.25) is 5.91 Å². The van der Waals surface area contributed by atoms with Crippen molar-refractivity contribution in [1.29, 1.82) is 0 Å². The van der Waals surface area contributed by atoms with Crippen LogP contribution in [0.4, 0.5) is 0 Å². The Morgan fingerprint density at radius 3 is 1.09 bits per heavy atom. The Labute approximate surface area is 598 Å². The second-order valence-corrected chi connectivity index (χ2v) is 28.2. The molecule has 17 unspecified atom stereocenters. The van der Waals surface area contributed by atoms with Crippen LogP contribution >= 0.6 is 0 Å². The summed E-state index contributed by atoms with van der Waals surface area (Å²) in [6.07, 6.45) is 51.3. The molecule has 3 fully saturated rings. The zero-order valence-corrected chi connectivity index (χ0v) is 61.5. The van der Waals surface area contributed by atoms with E-state index in [9.17, 15) is 61.0 Å². The molecule has 19 nitrogen and oxygen atoms in total. The number of ether oxygens (including phenoxy) is 6. The van der Waals surface area contributed by atoms with Crippen molar-refractivity contribution in [3.8, 4) is 0 Å². The molecular weight excluding hydrogens is 1260 g/mol. The van der Waals surface area contributed by atoms with E-state index in [0.29, 0.717) is 12.8 Å². The van der Waals surface area contributed by atoms with E-state index >= 15 is 0 Å². The van der Waals surface area contributed by atoms with Crippen molar-refractivity contribution in [3.05, 3.63) is 72.9 Å². The van der Waals surface area contributed by atoms with Crippen LogP contribution in [0.2, 0.25) is 0 Å². The Kier molecular flexibility index (Phi) is 55.3. The zero-order valence-electron chi connectivity index (χ0n) is 61.5. The molecule has 0 saturated carbocycles. The molecular formula is C80H143NO18. The lowest BCUT2D eigenvalue weighted by atomic mass is 9.96. The van der Waals surface area contributed by atoms with Gasteiger partial charge in [-0.1, -0.05) is 299 Å². The minimum atomic E-state index is -1.97. The average Bonchev–Trinajstić information content (AvgIpc) is 0.784. The molecule has 19 heteroatoms. The largest absolute Gasteiger partial charge is 0.394 e. The Morgan fingerprint density at radius 1 is 0.374 bits per heavy atom. The van der Waals surface area contributed by atoms with E-state index in [4.69, 9.17) is 28.4 Å².